The number of ether oxygens (including phenoxy) is 3. The normalized spacial score (nSPS) is 23.3. The summed E-state index contributed by atoms with van der Waals surface area (Å²) in [6.45, 7) is 2.07. The van der Waals surface area contributed by atoms with Gasteiger partial charge in [-0.2, -0.15) is 0 Å². The highest BCUT2D eigenvalue weighted by Crippen LogP contribution is 2.41. The maximum atomic E-state index is 13.0. The second kappa shape index (κ2) is 5.69. The topological polar surface area (TPSA) is 60.0 Å². The van der Waals surface area contributed by atoms with Crippen LogP contribution in [-0.2, 0) is 16.1 Å². The van der Waals surface area contributed by atoms with Crippen LogP contribution in [0.1, 0.15) is 5.56 Å². The number of benzene rings is 1. The maximum Gasteiger partial charge on any atom is 0.586 e. The molecule has 0 bridgehead atoms. The second-order valence-electron chi connectivity index (χ2n) is 5.16. The number of fused-ring (bicyclic) bond motifs is 1. The summed E-state index contributed by atoms with van der Waals surface area (Å²) in [5, 5.41) is 2.55. The molecule has 1 atom stereocenters. The van der Waals surface area contributed by atoms with Crippen LogP contribution in [0.5, 0.6) is 11.5 Å². The number of carbonyl (C=O) groups excluding carboxylic acids is 1. The molecule has 0 aromatic heterocycles. The van der Waals surface area contributed by atoms with Gasteiger partial charge in [-0.15, -0.1) is 8.78 Å². The summed E-state index contributed by atoms with van der Waals surface area (Å²) < 4.78 is 40.2. The first-order chi connectivity index (χ1) is 10.5. The van der Waals surface area contributed by atoms with Gasteiger partial charge in [-0.25, -0.2) is 0 Å². The Morgan fingerprint density at radius 1 is 1.41 bits per heavy atom. The number of rotatable bonds is 3. The first-order valence-corrected chi connectivity index (χ1v) is 6.91. The molecule has 1 aromatic rings. The van der Waals surface area contributed by atoms with Gasteiger partial charge >= 0.3 is 6.29 Å². The molecular formula is C14H16F2N2O4. The molecule has 8 heteroatoms. The van der Waals surface area contributed by atoms with Crippen LogP contribution in [0.3, 0.4) is 0 Å². The molecule has 1 amide bonds. The number of carbonyl (C=O) groups is 1. The van der Waals surface area contributed by atoms with E-state index in [1.165, 1.54) is 12.1 Å². The van der Waals surface area contributed by atoms with Gasteiger partial charge in [-0.1, -0.05) is 6.07 Å². The molecule has 2 aliphatic rings. The van der Waals surface area contributed by atoms with Crippen molar-refractivity contribution in [3.05, 3.63) is 23.8 Å². The number of halogens is 2. The van der Waals surface area contributed by atoms with Crippen molar-refractivity contribution in [2.75, 3.05) is 26.7 Å². The molecule has 0 unspecified atom stereocenters. The van der Waals surface area contributed by atoms with Gasteiger partial charge < -0.3 is 19.5 Å². The molecule has 3 rings (SSSR count). The Morgan fingerprint density at radius 3 is 2.95 bits per heavy atom. The molecule has 0 radical (unpaired) electrons. The summed E-state index contributed by atoms with van der Waals surface area (Å²) in [7, 11) is 1.56. The Labute approximate surface area is 125 Å². The Bertz CT molecular complexity index is 582. The van der Waals surface area contributed by atoms with Gasteiger partial charge in [-0.3, -0.25) is 9.69 Å². The van der Waals surface area contributed by atoms with Crippen LogP contribution in [0.25, 0.3) is 0 Å². The lowest BCUT2D eigenvalue weighted by Gasteiger charge is -2.31. The Morgan fingerprint density at radius 2 is 2.18 bits per heavy atom. The second-order valence-corrected chi connectivity index (χ2v) is 5.16. The first kappa shape index (κ1) is 15.0. The zero-order chi connectivity index (χ0) is 15.7. The van der Waals surface area contributed by atoms with E-state index in [0.717, 1.165) is 5.56 Å². The van der Waals surface area contributed by atoms with E-state index in [2.05, 4.69) is 14.8 Å². The van der Waals surface area contributed by atoms with E-state index in [1.807, 2.05) is 4.90 Å². The highest BCUT2D eigenvalue weighted by Gasteiger charge is 2.43. The van der Waals surface area contributed by atoms with Crippen molar-refractivity contribution >= 4 is 5.91 Å². The molecule has 1 fully saturated rings. The number of nitrogens with zero attached hydrogens (tertiary/aromatic N) is 1. The average Bonchev–Trinajstić information content (AvgIpc) is 2.80. The van der Waals surface area contributed by atoms with Crippen LogP contribution >= 0.6 is 0 Å². The number of morpholine rings is 1. The average molecular weight is 314 g/mol. The van der Waals surface area contributed by atoms with Crippen molar-refractivity contribution in [2.24, 2.45) is 0 Å². The minimum absolute atomic E-state index is 0.0265. The Balaban J connectivity index is 1.66. The summed E-state index contributed by atoms with van der Waals surface area (Å²) in [6, 6.07) is 4.69. The van der Waals surface area contributed by atoms with Crippen molar-refractivity contribution in [1.29, 1.82) is 0 Å². The summed E-state index contributed by atoms with van der Waals surface area (Å²) >= 11 is 0. The minimum atomic E-state index is -3.61. The number of hydrogen-bond acceptors (Lipinski definition) is 5. The maximum absolute atomic E-state index is 13.0. The van der Waals surface area contributed by atoms with Crippen LogP contribution in [-0.4, -0.2) is 49.9 Å². The largest absolute Gasteiger partial charge is 0.586 e. The molecular weight excluding hydrogens is 298 g/mol. The number of nitrogens with one attached hydrogen (secondary N) is 1. The van der Waals surface area contributed by atoms with E-state index < -0.39 is 12.4 Å². The molecule has 1 N–H and O–H groups in total. The van der Waals surface area contributed by atoms with Gasteiger partial charge in [0.15, 0.2) is 11.5 Å². The monoisotopic (exact) mass is 314 g/mol. The number of alkyl halides is 2. The van der Waals surface area contributed by atoms with Crippen molar-refractivity contribution in [3.8, 4) is 11.5 Å². The smallest absolute Gasteiger partial charge is 0.395 e. The SMILES string of the molecule is CNC(=O)[C@H]1CN(Cc2ccc3c(c2)OC(F)(F)O3)CCO1. The van der Waals surface area contributed by atoms with E-state index in [0.29, 0.717) is 26.2 Å². The highest BCUT2D eigenvalue weighted by molar-refractivity contribution is 5.80. The summed E-state index contributed by atoms with van der Waals surface area (Å²) in [4.78, 5) is 13.6. The molecule has 1 saturated heterocycles. The minimum Gasteiger partial charge on any atom is -0.395 e. The van der Waals surface area contributed by atoms with Crippen LogP contribution < -0.4 is 14.8 Å². The fourth-order valence-electron chi connectivity index (χ4n) is 2.52. The quantitative estimate of drug-likeness (QED) is 0.900. The molecule has 2 heterocycles. The van der Waals surface area contributed by atoms with Gasteiger partial charge in [0.1, 0.15) is 6.10 Å². The lowest BCUT2D eigenvalue weighted by Crippen LogP contribution is -2.48. The van der Waals surface area contributed by atoms with Crippen molar-refractivity contribution in [1.82, 2.24) is 10.2 Å². The van der Waals surface area contributed by atoms with Gasteiger partial charge in [0.05, 0.1) is 6.61 Å². The van der Waals surface area contributed by atoms with E-state index in [9.17, 15) is 13.6 Å². The van der Waals surface area contributed by atoms with Gasteiger partial charge in [0, 0.05) is 26.7 Å². The van der Waals surface area contributed by atoms with Crippen molar-refractivity contribution in [2.45, 2.75) is 18.9 Å². The summed E-state index contributed by atoms with van der Waals surface area (Å²) in [6.07, 6.45) is -4.12. The van der Waals surface area contributed by atoms with E-state index >= 15 is 0 Å². The molecule has 2 aliphatic heterocycles. The standard InChI is InChI=1S/C14H16F2N2O4/c1-17-13(19)12-8-18(4-5-20-12)7-9-2-3-10-11(6-9)22-14(15,16)21-10/h2-3,6,12H,4-5,7-8H2,1H3,(H,17,19)/t12-/m1/s1. The van der Waals surface area contributed by atoms with E-state index in [4.69, 9.17) is 4.74 Å². The predicted molar refractivity (Wildman–Crippen MR) is 71.7 cm³/mol. The molecule has 6 nitrogen and oxygen atoms in total. The van der Waals surface area contributed by atoms with Crippen molar-refractivity contribution < 1.29 is 27.8 Å². The zero-order valence-electron chi connectivity index (χ0n) is 12.0. The predicted octanol–water partition coefficient (Wildman–Crippen LogP) is 0.955. The number of likely N-dealkylation sites (N-methyl/N-ethyl adjacent to an activating group) is 1. The van der Waals surface area contributed by atoms with Gasteiger partial charge in [0.2, 0.25) is 5.91 Å². The number of amides is 1. The van der Waals surface area contributed by atoms with Crippen LogP contribution in [0.4, 0.5) is 8.78 Å². The summed E-state index contributed by atoms with van der Waals surface area (Å²) in [5.41, 5.74) is 0.803. The molecule has 120 valence electrons. The lowest BCUT2D eigenvalue weighted by atomic mass is 10.1. The third-order valence-electron chi connectivity index (χ3n) is 3.56. The number of hydrogen-bond donors (Lipinski definition) is 1. The zero-order valence-corrected chi connectivity index (χ0v) is 12.0. The van der Waals surface area contributed by atoms with E-state index in [-0.39, 0.29) is 17.4 Å². The first-order valence-electron chi connectivity index (χ1n) is 6.91. The third-order valence-corrected chi connectivity index (χ3v) is 3.56. The van der Waals surface area contributed by atoms with Gasteiger partial charge in [0.25, 0.3) is 0 Å². The van der Waals surface area contributed by atoms with Crippen LogP contribution in [0, 0.1) is 0 Å². The third kappa shape index (κ3) is 3.12. The fourth-order valence-corrected chi connectivity index (χ4v) is 2.52. The highest BCUT2D eigenvalue weighted by atomic mass is 19.3. The Hall–Kier alpha value is -1.93. The van der Waals surface area contributed by atoms with Crippen LogP contribution in [0.2, 0.25) is 0 Å². The van der Waals surface area contributed by atoms with Gasteiger partial charge in [-0.05, 0) is 17.7 Å². The van der Waals surface area contributed by atoms with E-state index in [1.54, 1.807) is 13.1 Å². The van der Waals surface area contributed by atoms with Crippen molar-refractivity contribution in [3.63, 3.8) is 0 Å². The fraction of sp³-hybridized carbons (Fsp3) is 0.500. The molecule has 0 spiro atoms. The summed E-state index contributed by atoms with van der Waals surface area (Å²) in [5.74, 6) is -0.118. The molecule has 1 aromatic carbocycles. The lowest BCUT2D eigenvalue weighted by molar-refractivity contribution is -0.286. The van der Waals surface area contributed by atoms with Crippen LogP contribution in [0.15, 0.2) is 18.2 Å². The molecule has 22 heavy (non-hydrogen) atoms. The Kier molecular flexibility index (Phi) is 3.88. The molecule has 0 saturated carbocycles. The molecule has 0 aliphatic carbocycles.